The van der Waals surface area contributed by atoms with E-state index < -0.39 is 0 Å². The Labute approximate surface area is 145 Å². The van der Waals surface area contributed by atoms with E-state index in [1.54, 1.807) is 31.0 Å². The van der Waals surface area contributed by atoms with Crippen molar-refractivity contribution in [1.82, 2.24) is 25.5 Å². The molecule has 0 aliphatic heterocycles. The van der Waals surface area contributed by atoms with E-state index in [2.05, 4.69) is 26.2 Å². The van der Waals surface area contributed by atoms with Gasteiger partial charge >= 0.3 is 0 Å². The second-order valence-electron chi connectivity index (χ2n) is 5.83. The maximum Gasteiger partial charge on any atom is 0.238 e. The Bertz CT molecular complexity index is 728. The minimum absolute atomic E-state index is 0.133. The molecule has 1 aromatic heterocycles. The average molecular weight is 346 g/mol. The van der Waals surface area contributed by atoms with Crippen LogP contribution in [-0.2, 0) is 9.53 Å². The smallest absolute Gasteiger partial charge is 0.238 e. The molecule has 25 heavy (non-hydrogen) atoms. The van der Waals surface area contributed by atoms with Crippen LogP contribution in [-0.4, -0.2) is 60.0 Å². The highest BCUT2D eigenvalue weighted by Gasteiger charge is 2.30. The van der Waals surface area contributed by atoms with Gasteiger partial charge in [-0.3, -0.25) is 4.79 Å². The third-order valence-corrected chi connectivity index (χ3v) is 3.90. The molecule has 1 fully saturated rings. The number of nitrogens with zero attached hydrogens (tertiary/aromatic N) is 4. The number of rotatable bonds is 9. The molecule has 1 aliphatic carbocycles. The first-order valence-electron chi connectivity index (χ1n) is 8.19. The Morgan fingerprint density at radius 3 is 2.92 bits per heavy atom. The van der Waals surface area contributed by atoms with Gasteiger partial charge in [-0.25, -0.2) is 0 Å². The van der Waals surface area contributed by atoms with Gasteiger partial charge in [0, 0.05) is 25.3 Å². The van der Waals surface area contributed by atoms with E-state index in [9.17, 15) is 4.79 Å². The molecule has 0 radical (unpaired) electrons. The van der Waals surface area contributed by atoms with E-state index in [1.165, 1.54) is 0 Å². The first-order valence-corrected chi connectivity index (χ1v) is 8.19. The van der Waals surface area contributed by atoms with Gasteiger partial charge in [0.1, 0.15) is 11.4 Å². The number of ether oxygens (including phenoxy) is 2. The predicted octanol–water partition coefficient (Wildman–Crippen LogP) is 0.723. The van der Waals surface area contributed by atoms with E-state index in [1.807, 2.05) is 6.07 Å². The molecule has 134 valence electrons. The Morgan fingerprint density at radius 1 is 1.36 bits per heavy atom. The van der Waals surface area contributed by atoms with Crippen LogP contribution >= 0.6 is 0 Å². The molecule has 0 spiro atoms. The predicted molar refractivity (Wildman–Crippen MR) is 91.1 cm³/mol. The lowest BCUT2D eigenvalue weighted by molar-refractivity contribution is -0.115. The van der Waals surface area contributed by atoms with Crippen molar-refractivity contribution >= 4 is 11.6 Å². The van der Waals surface area contributed by atoms with Gasteiger partial charge in [-0.15, -0.1) is 5.10 Å². The molecule has 0 atom stereocenters. The first-order chi connectivity index (χ1) is 12.2. The van der Waals surface area contributed by atoms with Crippen LogP contribution < -0.4 is 15.4 Å². The molecule has 0 bridgehead atoms. The zero-order valence-corrected chi connectivity index (χ0v) is 14.4. The molecule has 2 N–H and O–H groups in total. The van der Waals surface area contributed by atoms with Crippen molar-refractivity contribution in [3.63, 3.8) is 0 Å². The van der Waals surface area contributed by atoms with Crippen LogP contribution in [0.2, 0.25) is 0 Å². The molecule has 0 saturated heterocycles. The molecule has 9 nitrogen and oxygen atoms in total. The molecule has 2 aromatic rings. The van der Waals surface area contributed by atoms with Crippen LogP contribution in [0.15, 0.2) is 18.2 Å². The summed E-state index contributed by atoms with van der Waals surface area (Å²) in [6, 6.07) is 5.40. The van der Waals surface area contributed by atoms with Crippen LogP contribution in [0.5, 0.6) is 5.75 Å². The van der Waals surface area contributed by atoms with Gasteiger partial charge in [0.25, 0.3) is 0 Å². The zero-order chi connectivity index (χ0) is 17.6. The van der Waals surface area contributed by atoms with Crippen molar-refractivity contribution in [2.24, 2.45) is 0 Å². The van der Waals surface area contributed by atoms with Gasteiger partial charge in [0.2, 0.25) is 5.91 Å². The largest absolute Gasteiger partial charge is 0.494 e. The molecule has 1 aromatic carbocycles. The molecule has 1 aliphatic rings. The van der Waals surface area contributed by atoms with E-state index in [-0.39, 0.29) is 12.5 Å². The summed E-state index contributed by atoms with van der Waals surface area (Å²) >= 11 is 0. The van der Waals surface area contributed by atoms with Gasteiger partial charge in [0.05, 0.1) is 20.3 Å². The van der Waals surface area contributed by atoms with Crippen molar-refractivity contribution in [1.29, 1.82) is 0 Å². The minimum Gasteiger partial charge on any atom is -0.494 e. The SMILES string of the molecule is COCCNCC(=O)Nc1ccc(OC)c(-n2nnnc2C2CC2)c1. The Kier molecular flexibility index (Phi) is 5.56. The summed E-state index contributed by atoms with van der Waals surface area (Å²) in [5.74, 6) is 1.72. The van der Waals surface area contributed by atoms with Crippen LogP contribution in [0.1, 0.15) is 24.6 Å². The number of hydrogen-bond donors (Lipinski definition) is 2. The summed E-state index contributed by atoms with van der Waals surface area (Å²) in [5, 5.41) is 17.8. The Hall–Kier alpha value is -2.52. The molecular weight excluding hydrogens is 324 g/mol. The highest BCUT2D eigenvalue weighted by atomic mass is 16.5. The van der Waals surface area contributed by atoms with Crippen LogP contribution in [0.25, 0.3) is 5.69 Å². The highest BCUT2D eigenvalue weighted by molar-refractivity contribution is 5.92. The summed E-state index contributed by atoms with van der Waals surface area (Å²) in [6.07, 6.45) is 2.18. The van der Waals surface area contributed by atoms with Crippen molar-refractivity contribution < 1.29 is 14.3 Å². The van der Waals surface area contributed by atoms with E-state index in [0.717, 1.165) is 18.7 Å². The quantitative estimate of drug-likeness (QED) is 0.645. The standard InChI is InChI=1S/C16H22N6O3/c1-24-8-7-17-10-15(23)18-12-5-6-14(25-2)13(9-12)22-16(11-3-4-11)19-20-21-22/h5-6,9,11,17H,3-4,7-8,10H2,1-2H3,(H,18,23). The van der Waals surface area contributed by atoms with Crippen molar-refractivity contribution in [2.45, 2.75) is 18.8 Å². The lowest BCUT2D eigenvalue weighted by atomic mass is 10.2. The molecule has 0 unspecified atom stereocenters. The van der Waals surface area contributed by atoms with Crippen LogP contribution in [0.3, 0.4) is 0 Å². The van der Waals surface area contributed by atoms with E-state index in [0.29, 0.717) is 36.2 Å². The van der Waals surface area contributed by atoms with Gasteiger partial charge in [-0.1, -0.05) is 0 Å². The third-order valence-electron chi connectivity index (χ3n) is 3.90. The second-order valence-corrected chi connectivity index (χ2v) is 5.83. The van der Waals surface area contributed by atoms with E-state index >= 15 is 0 Å². The summed E-state index contributed by atoms with van der Waals surface area (Å²) in [5.41, 5.74) is 1.37. The van der Waals surface area contributed by atoms with Crippen molar-refractivity contribution in [3.05, 3.63) is 24.0 Å². The third kappa shape index (κ3) is 4.31. The molecule has 1 amide bonds. The number of carbonyl (C=O) groups excluding carboxylic acids is 1. The summed E-state index contributed by atoms with van der Waals surface area (Å²) in [7, 11) is 3.22. The van der Waals surface area contributed by atoms with Gasteiger partial charge in [-0.05, 0) is 41.5 Å². The van der Waals surface area contributed by atoms with Crippen molar-refractivity contribution in [2.75, 3.05) is 39.2 Å². The maximum absolute atomic E-state index is 12.0. The van der Waals surface area contributed by atoms with Gasteiger partial charge in [-0.2, -0.15) is 4.68 Å². The molecule has 1 heterocycles. The number of carbonyl (C=O) groups is 1. The number of amides is 1. The normalized spacial score (nSPS) is 13.7. The topological polar surface area (TPSA) is 103 Å². The fourth-order valence-corrected chi connectivity index (χ4v) is 2.48. The Morgan fingerprint density at radius 2 is 2.20 bits per heavy atom. The first kappa shape index (κ1) is 17.3. The highest BCUT2D eigenvalue weighted by Crippen LogP contribution is 2.40. The molecular formula is C16H22N6O3. The summed E-state index contributed by atoms with van der Waals surface area (Å²) < 4.78 is 12.0. The number of benzene rings is 1. The summed E-state index contributed by atoms with van der Waals surface area (Å²) in [6.45, 7) is 1.39. The monoisotopic (exact) mass is 346 g/mol. The summed E-state index contributed by atoms with van der Waals surface area (Å²) in [4.78, 5) is 12.0. The average Bonchev–Trinajstić information content (AvgIpc) is 3.35. The fraction of sp³-hybridized carbons (Fsp3) is 0.500. The second kappa shape index (κ2) is 8.04. The lowest BCUT2D eigenvalue weighted by Gasteiger charge is -2.12. The van der Waals surface area contributed by atoms with Crippen molar-refractivity contribution in [3.8, 4) is 11.4 Å². The number of anilines is 1. The van der Waals surface area contributed by atoms with Gasteiger partial charge < -0.3 is 20.1 Å². The van der Waals surface area contributed by atoms with Gasteiger partial charge in [0.15, 0.2) is 5.82 Å². The number of hydrogen-bond acceptors (Lipinski definition) is 7. The van der Waals surface area contributed by atoms with Crippen LogP contribution in [0.4, 0.5) is 5.69 Å². The lowest BCUT2D eigenvalue weighted by Crippen LogP contribution is -2.30. The fourth-order valence-electron chi connectivity index (χ4n) is 2.48. The molecule has 1 saturated carbocycles. The minimum atomic E-state index is -0.133. The number of aromatic nitrogens is 4. The van der Waals surface area contributed by atoms with Crippen LogP contribution in [0, 0.1) is 0 Å². The maximum atomic E-state index is 12.0. The zero-order valence-electron chi connectivity index (χ0n) is 14.4. The Balaban J connectivity index is 1.74. The van der Waals surface area contributed by atoms with E-state index in [4.69, 9.17) is 9.47 Å². The molecule has 9 heteroatoms. The number of nitrogens with one attached hydrogen (secondary N) is 2. The molecule has 3 rings (SSSR count). The number of tetrazole rings is 1. The number of methoxy groups -OCH3 is 2.